The highest BCUT2D eigenvalue weighted by atomic mass is 35.5. The van der Waals surface area contributed by atoms with Crippen molar-refractivity contribution in [3.05, 3.63) is 47.0 Å². The van der Waals surface area contributed by atoms with Gasteiger partial charge in [0.2, 0.25) is 14.9 Å². The van der Waals surface area contributed by atoms with Gasteiger partial charge in [0, 0.05) is 23.7 Å². The molecule has 0 saturated heterocycles. The molecule has 0 radical (unpaired) electrons. The number of carbonyl (C=O) groups excluding carboxylic acids is 1. The van der Waals surface area contributed by atoms with Gasteiger partial charge < -0.3 is 14.2 Å². The first-order chi connectivity index (χ1) is 13.1. The first-order valence-corrected chi connectivity index (χ1v) is 11.0. The monoisotopic (exact) mass is 422 g/mol. The summed E-state index contributed by atoms with van der Waals surface area (Å²) in [6, 6.07) is 7.97. The van der Waals surface area contributed by atoms with E-state index < -0.39 is 15.7 Å². The Morgan fingerprint density at radius 1 is 1.29 bits per heavy atom. The molecule has 148 valence electrons. The number of fused-ring (bicyclic) bond motifs is 1. The molecule has 0 aliphatic heterocycles. The molecule has 1 saturated carbocycles. The fourth-order valence-corrected chi connectivity index (χ4v) is 4.39. The number of hydrogen-bond donors (Lipinski definition) is 1. The number of carbonyl (C=O) groups is 1. The summed E-state index contributed by atoms with van der Waals surface area (Å²) in [5, 5.41) is 3.27. The summed E-state index contributed by atoms with van der Waals surface area (Å²) in [5.74, 6) is 0.219. The van der Waals surface area contributed by atoms with Crippen molar-refractivity contribution in [1.82, 2.24) is 10.3 Å². The highest BCUT2D eigenvalue weighted by molar-refractivity contribution is 7.90. The van der Waals surface area contributed by atoms with Crippen LogP contribution in [0.1, 0.15) is 36.2 Å². The summed E-state index contributed by atoms with van der Waals surface area (Å²) in [5.41, 5.74) is 1.39. The Labute approximate surface area is 167 Å². The largest absolute Gasteiger partial charge is 0.441 e. The highest BCUT2D eigenvalue weighted by Gasteiger charge is 2.42. The number of amides is 1. The number of rotatable bonds is 5. The molecule has 0 bridgehead atoms. The first-order valence-electron chi connectivity index (χ1n) is 8.77. The number of oxazole rings is 1. The minimum atomic E-state index is -3.47. The lowest BCUT2D eigenvalue weighted by Crippen LogP contribution is -2.50. The van der Waals surface area contributed by atoms with Gasteiger partial charge in [-0.2, -0.15) is 0 Å². The van der Waals surface area contributed by atoms with Gasteiger partial charge in [0.1, 0.15) is 5.52 Å². The van der Waals surface area contributed by atoms with Crippen LogP contribution in [0.2, 0.25) is 5.02 Å². The van der Waals surface area contributed by atoms with E-state index in [-0.39, 0.29) is 22.3 Å². The normalized spacial score (nSPS) is 22.2. The van der Waals surface area contributed by atoms with Crippen LogP contribution >= 0.6 is 11.6 Å². The quantitative estimate of drug-likeness (QED) is 0.673. The highest BCUT2D eigenvalue weighted by Crippen LogP contribution is 2.43. The van der Waals surface area contributed by atoms with Crippen molar-refractivity contribution in [2.45, 2.75) is 37.3 Å². The van der Waals surface area contributed by atoms with Crippen LogP contribution in [-0.4, -0.2) is 31.6 Å². The van der Waals surface area contributed by atoms with Crippen LogP contribution in [-0.2, 0) is 16.3 Å². The molecule has 3 aromatic rings. The third-order valence-electron chi connectivity index (χ3n) is 4.96. The molecule has 1 aliphatic carbocycles. The van der Waals surface area contributed by atoms with Crippen LogP contribution in [0.5, 0.6) is 0 Å². The van der Waals surface area contributed by atoms with Crippen LogP contribution < -0.4 is 5.32 Å². The molecule has 1 aromatic carbocycles. The lowest BCUT2D eigenvalue weighted by molar-refractivity contribution is 0.0698. The Morgan fingerprint density at radius 3 is 2.71 bits per heavy atom. The van der Waals surface area contributed by atoms with Crippen molar-refractivity contribution in [2.75, 3.05) is 6.26 Å². The molecule has 1 N–H and O–H groups in total. The zero-order valence-corrected chi connectivity index (χ0v) is 16.9. The zero-order valence-electron chi connectivity index (χ0n) is 15.4. The molecule has 1 aliphatic rings. The van der Waals surface area contributed by atoms with Gasteiger partial charge in [-0.3, -0.25) is 4.79 Å². The molecule has 7 nitrogen and oxygen atoms in total. The number of halogens is 1. The predicted octanol–water partition coefficient (Wildman–Crippen LogP) is 3.62. The minimum Gasteiger partial charge on any atom is -0.441 e. The molecule has 9 heteroatoms. The summed E-state index contributed by atoms with van der Waals surface area (Å²) in [6.45, 7) is 2.12. The summed E-state index contributed by atoms with van der Waals surface area (Å²) in [7, 11) is -3.47. The van der Waals surface area contributed by atoms with Gasteiger partial charge >= 0.3 is 0 Å². The second-order valence-corrected chi connectivity index (χ2v) is 10.1. The number of benzene rings is 1. The zero-order chi connectivity index (χ0) is 20.1. The van der Waals surface area contributed by atoms with E-state index in [4.69, 9.17) is 20.4 Å². The van der Waals surface area contributed by atoms with Gasteiger partial charge in [0.05, 0.1) is 0 Å². The Morgan fingerprint density at radius 2 is 2.04 bits per heavy atom. The molecule has 1 fully saturated rings. The fourth-order valence-electron chi connectivity index (χ4n) is 3.66. The maximum Gasteiger partial charge on any atom is 0.287 e. The standard InChI is InChI=1S/C19H19ClN2O5S/c1-19(10-16-22-13-7-11(20)3-4-14(13)26-16)8-12(9-19)21-18(23)15-5-6-17(27-15)28(2,24)25/h3-7,12H,8-10H2,1-2H3,(H,21,23)/t12-,19+. The van der Waals surface area contributed by atoms with E-state index in [1.54, 1.807) is 18.2 Å². The van der Waals surface area contributed by atoms with Crippen molar-refractivity contribution < 1.29 is 22.0 Å². The fraction of sp³-hybridized carbons (Fsp3) is 0.368. The molecule has 0 atom stereocenters. The van der Waals surface area contributed by atoms with E-state index in [9.17, 15) is 13.2 Å². The van der Waals surface area contributed by atoms with E-state index in [1.165, 1.54) is 12.1 Å². The van der Waals surface area contributed by atoms with Crippen LogP contribution in [0.25, 0.3) is 11.1 Å². The van der Waals surface area contributed by atoms with Gasteiger partial charge in [-0.1, -0.05) is 18.5 Å². The average molecular weight is 423 g/mol. The number of furan rings is 1. The molecular formula is C19H19ClN2O5S. The summed E-state index contributed by atoms with van der Waals surface area (Å²) in [6.07, 6.45) is 3.21. The van der Waals surface area contributed by atoms with Crippen molar-refractivity contribution in [3.63, 3.8) is 0 Å². The van der Waals surface area contributed by atoms with Crippen molar-refractivity contribution in [1.29, 1.82) is 0 Å². The summed E-state index contributed by atoms with van der Waals surface area (Å²) in [4.78, 5) is 16.8. The number of sulfone groups is 1. The van der Waals surface area contributed by atoms with Gasteiger partial charge in [-0.15, -0.1) is 0 Å². The molecule has 1 amide bonds. The summed E-state index contributed by atoms with van der Waals surface area (Å²) < 4.78 is 33.8. The Hall–Kier alpha value is -2.32. The van der Waals surface area contributed by atoms with Gasteiger partial charge in [0.15, 0.2) is 17.2 Å². The number of nitrogens with one attached hydrogen (secondary N) is 1. The SMILES string of the molecule is CS(=O)(=O)c1ccc(C(=O)N[C@H]2C[C@@](C)(Cc3nc4cc(Cl)ccc4o3)C2)o1. The second-order valence-electron chi connectivity index (χ2n) is 7.68. The van der Waals surface area contributed by atoms with Crippen LogP contribution in [0.3, 0.4) is 0 Å². The third-order valence-corrected chi connectivity index (χ3v) is 6.14. The maximum absolute atomic E-state index is 12.3. The van der Waals surface area contributed by atoms with Crippen LogP contribution in [0.4, 0.5) is 0 Å². The predicted molar refractivity (Wildman–Crippen MR) is 103 cm³/mol. The molecule has 28 heavy (non-hydrogen) atoms. The molecule has 4 rings (SSSR count). The topological polar surface area (TPSA) is 102 Å². The molecule has 2 aromatic heterocycles. The van der Waals surface area contributed by atoms with Crippen molar-refractivity contribution >= 4 is 38.4 Å². The lowest BCUT2D eigenvalue weighted by atomic mass is 9.65. The van der Waals surface area contributed by atoms with Gasteiger partial charge in [-0.05, 0) is 48.6 Å². The van der Waals surface area contributed by atoms with Crippen molar-refractivity contribution in [2.24, 2.45) is 5.41 Å². The minimum absolute atomic E-state index is 0.00939. The molecule has 0 unspecified atom stereocenters. The Balaban J connectivity index is 1.36. The molecule has 2 heterocycles. The van der Waals surface area contributed by atoms with Gasteiger partial charge in [0.25, 0.3) is 5.91 Å². The summed E-state index contributed by atoms with van der Waals surface area (Å²) >= 11 is 5.98. The lowest BCUT2D eigenvalue weighted by Gasteiger charge is -2.44. The van der Waals surface area contributed by atoms with Gasteiger partial charge in [-0.25, -0.2) is 13.4 Å². The van der Waals surface area contributed by atoms with E-state index in [0.29, 0.717) is 22.9 Å². The first kappa shape index (κ1) is 19.0. The maximum atomic E-state index is 12.3. The number of hydrogen-bond acceptors (Lipinski definition) is 6. The second kappa shape index (κ2) is 6.63. The van der Waals surface area contributed by atoms with E-state index in [2.05, 4.69) is 17.2 Å². The third kappa shape index (κ3) is 3.79. The van der Waals surface area contributed by atoms with Crippen molar-refractivity contribution in [3.8, 4) is 0 Å². The van der Waals surface area contributed by atoms with Crippen LogP contribution in [0.15, 0.2) is 44.3 Å². The van der Waals surface area contributed by atoms with Crippen LogP contribution in [0, 0.1) is 5.41 Å². The number of nitrogens with zero attached hydrogens (tertiary/aromatic N) is 1. The van der Waals surface area contributed by atoms with E-state index in [1.807, 2.05) is 0 Å². The molecular weight excluding hydrogens is 404 g/mol. The average Bonchev–Trinajstić information content (AvgIpc) is 3.18. The van der Waals surface area contributed by atoms with E-state index in [0.717, 1.165) is 24.6 Å². The smallest absolute Gasteiger partial charge is 0.287 e. The Kier molecular flexibility index (Phi) is 4.50. The number of aromatic nitrogens is 1. The Bertz CT molecular complexity index is 1160. The van der Waals surface area contributed by atoms with E-state index >= 15 is 0 Å². The molecule has 0 spiro atoms.